The lowest BCUT2D eigenvalue weighted by Gasteiger charge is -2.27. The Kier molecular flexibility index (Phi) is 4.22. The molecular weight excluding hydrogens is 258 g/mol. The Morgan fingerprint density at radius 3 is 2.68 bits per heavy atom. The van der Waals surface area contributed by atoms with Crippen molar-refractivity contribution in [2.24, 2.45) is 0 Å². The first-order chi connectivity index (χ1) is 9.04. The van der Waals surface area contributed by atoms with E-state index in [0.717, 1.165) is 6.42 Å². The summed E-state index contributed by atoms with van der Waals surface area (Å²) >= 11 is 0. The van der Waals surface area contributed by atoms with Crippen LogP contribution in [-0.4, -0.2) is 20.5 Å². The molecule has 0 unspecified atom stereocenters. The minimum absolute atomic E-state index is 0.0507. The zero-order chi connectivity index (χ0) is 13.9. The SMILES string of the molecule is C=CC[C@@H]1C=C(S(=O)(=O)c2ccccc2)C[C@H](C)N1. The highest BCUT2D eigenvalue weighted by atomic mass is 32.2. The van der Waals surface area contributed by atoms with Gasteiger partial charge in [-0.3, -0.25) is 0 Å². The average molecular weight is 277 g/mol. The van der Waals surface area contributed by atoms with E-state index in [1.807, 2.05) is 19.1 Å². The zero-order valence-corrected chi connectivity index (χ0v) is 11.9. The van der Waals surface area contributed by atoms with Crippen LogP contribution in [0.5, 0.6) is 0 Å². The van der Waals surface area contributed by atoms with E-state index in [0.29, 0.717) is 16.2 Å². The van der Waals surface area contributed by atoms with Crippen LogP contribution in [0.4, 0.5) is 0 Å². The molecule has 2 atom stereocenters. The van der Waals surface area contributed by atoms with Gasteiger partial charge in [-0.05, 0) is 31.9 Å². The van der Waals surface area contributed by atoms with Gasteiger partial charge in [-0.25, -0.2) is 8.42 Å². The quantitative estimate of drug-likeness (QED) is 0.861. The van der Waals surface area contributed by atoms with Crippen molar-refractivity contribution in [2.75, 3.05) is 0 Å². The normalized spacial score (nSPS) is 23.7. The van der Waals surface area contributed by atoms with Crippen molar-refractivity contribution in [3.05, 3.63) is 54.0 Å². The summed E-state index contributed by atoms with van der Waals surface area (Å²) in [5.41, 5.74) is 0. The highest BCUT2D eigenvalue weighted by Crippen LogP contribution is 2.26. The van der Waals surface area contributed by atoms with Crippen molar-refractivity contribution in [1.82, 2.24) is 5.32 Å². The first kappa shape index (κ1) is 14.0. The van der Waals surface area contributed by atoms with E-state index in [2.05, 4.69) is 11.9 Å². The summed E-state index contributed by atoms with van der Waals surface area (Å²) in [6.45, 7) is 5.71. The Hall–Kier alpha value is -1.39. The average Bonchev–Trinajstić information content (AvgIpc) is 2.39. The molecule has 3 nitrogen and oxygen atoms in total. The number of nitrogens with one attached hydrogen (secondary N) is 1. The van der Waals surface area contributed by atoms with Crippen LogP contribution in [0.15, 0.2) is 58.9 Å². The third-order valence-corrected chi connectivity index (χ3v) is 5.10. The monoisotopic (exact) mass is 277 g/mol. The van der Waals surface area contributed by atoms with Crippen molar-refractivity contribution in [1.29, 1.82) is 0 Å². The lowest BCUT2D eigenvalue weighted by atomic mass is 10.0. The predicted molar refractivity (Wildman–Crippen MR) is 77.5 cm³/mol. The molecule has 0 radical (unpaired) electrons. The highest BCUT2D eigenvalue weighted by molar-refractivity contribution is 7.95. The third-order valence-electron chi connectivity index (χ3n) is 3.21. The van der Waals surface area contributed by atoms with E-state index in [1.165, 1.54) is 0 Å². The highest BCUT2D eigenvalue weighted by Gasteiger charge is 2.27. The fourth-order valence-corrected chi connectivity index (χ4v) is 3.96. The van der Waals surface area contributed by atoms with Gasteiger partial charge in [0.1, 0.15) is 0 Å². The van der Waals surface area contributed by atoms with Gasteiger partial charge in [0.25, 0.3) is 0 Å². The van der Waals surface area contributed by atoms with Crippen molar-refractivity contribution < 1.29 is 8.42 Å². The van der Waals surface area contributed by atoms with E-state index in [9.17, 15) is 8.42 Å². The molecule has 1 aliphatic rings. The third kappa shape index (κ3) is 3.14. The second-order valence-corrected chi connectivity index (χ2v) is 6.85. The summed E-state index contributed by atoms with van der Waals surface area (Å²) in [4.78, 5) is 0.879. The molecule has 0 amide bonds. The van der Waals surface area contributed by atoms with Gasteiger partial charge >= 0.3 is 0 Å². The predicted octanol–water partition coefficient (Wildman–Crippen LogP) is 2.67. The van der Waals surface area contributed by atoms with Crippen LogP contribution in [0, 0.1) is 0 Å². The van der Waals surface area contributed by atoms with Crippen LogP contribution in [0.2, 0.25) is 0 Å². The molecule has 1 aromatic rings. The number of benzene rings is 1. The minimum atomic E-state index is -3.36. The largest absolute Gasteiger partial charge is 0.307 e. The summed E-state index contributed by atoms with van der Waals surface area (Å²) in [7, 11) is -3.36. The molecule has 4 heteroatoms. The molecule has 1 N–H and O–H groups in total. The van der Waals surface area contributed by atoms with Gasteiger partial charge in [0.15, 0.2) is 0 Å². The molecule has 0 bridgehead atoms. The van der Waals surface area contributed by atoms with Crippen LogP contribution >= 0.6 is 0 Å². The fourth-order valence-electron chi connectivity index (χ4n) is 2.33. The van der Waals surface area contributed by atoms with Crippen LogP contribution in [-0.2, 0) is 9.84 Å². The Bertz CT molecular complexity index is 575. The van der Waals surface area contributed by atoms with Crippen molar-refractivity contribution in [2.45, 2.75) is 36.7 Å². The maximum atomic E-state index is 12.6. The van der Waals surface area contributed by atoms with Gasteiger partial charge in [0.05, 0.1) is 4.90 Å². The molecule has 1 heterocycles. The van der Waals surface area contributed by atoms with E-state index in [-0.39, 0.29) is 12.1 Å². The Balaban J connectivity index is 2.37. The molecule has 1 aliphatic heterocycles. The van der Waals surface area contributed by atoms with Crippen LogP contribution in [0.1, 0.15) is 19.8 Å². The minimum Gasteiger partial charge on any atom is -0.307 e. The van der Waals surface area contributed by atoms with Gasteiger partial charge in [0.2, 0.25) is 9.84 Å². The molecule has 1 aromatic carbocycles. The molecule has 0 saturated carbocycles. The molecule has 0 saturated heterocycles. The molecule has 102 valence electrons. The van der Waals surface area contributed by atoms with Gasteiger partial charge in [-0.2, -0.15) is 0 Å². The number of hydrogen-bond acceptors (Lipinski definition) is 3. The smallest absolute Gasteiger partial charge is 0.202 e. The second-order valence-electron chi connectivity index (χ2n) is 4.85. The lowest BCUT2D eigenvalue weighted by molar-refractivity contribution is 0.472. The van der Waals surface area contributed by atoms with E-state index in [1.54, 1.807) is 30.3 Å². The summed E-state index contributed by atoms with van der Waals surface area (Å²) < 4.78 is 25.1. The van der Waals surface area contributed by atoms with Crippen LogP contribution in [0.25, 0.3) is 0 Å². The molecule has 19 heavy (non-hydrogen) atoms. The first-order valence-corrected chi connectivity index (χ1v) is 7.90. The van der Waals surface area contributed by atoms with E-state index >= 15 is 0 Å². The van der Waals surface area contributed by atoms with Crippen LogP contribution in [0.3, 0.4) is 0 Å². The van der Waals surface area contributed by atoms with Crippen molar-refractivity contribution in [3.8, 4) is 0 Å². The first-order valence-electron chi connectivity index (χ1n) is 6.42. The molecule has 0 spiro atoms. The zero-order valence-electron chi connectivity index (χ0n) is 11.0. The van der Waals surface area contributed by atoms with Gasteiger partial charge in [-0.15, -0.1) is 6.58 Å². The topological polar surface area (TPSA) is 46.2 Å². The summed E-state index contributed by atoms with van der Waals surface area (Å²) in [5.74, 6) is 0. The Labute approximate surface area is 115 Å². The van der Waals surface area contributed by atoms with Crippen molar-refractivity contribution >= 4 is 9.84 Å². The molecule has 0 aliphatic carbocycles. The number of rotatable bonds is 4. The maximum Gasteiger partial charge on any atom is 0.202 e. The summed E-state index contributed by atoms with van der Waals surface area (Å²) in [5, 5.41) is 3.36. The number of hydrogen-bond donors (Lipinski definition) is 1. The van der Waals surface area contributed by atoms with Gasteiger partial charge in [0, 0.05) is 17.0 Å². The molecule has 0 aromatic heterocycles. The van der Waals surface area contributed by atoms with E-state index in [4.69, 9.17) is 0 Å². The molecule has 0 fully saturated rings. The standard InChI is InChI=1S/C15H19NO2S/c1-3-7-13-11-15(10-12(2)16-13)19(17,18)14-8-5-4-6-9-14/h3-6,8-9,11-13,16H,1,7,10H2,2H3/t12-,13+/m0/s1. The van der Waals surface area contributed by atoms with Gasteiger partial charge in [-0.1, -0.05) is 30.4 Å². The summed E-state index contributed by atoms with van der Waals surface area (Å²) in [6.07, 6.45) is 4.89. The lowest BCUT2D eigenvalue weighted by Crippen LogP contribution is -2.40. The fraction of sp³-hybridized carbons (Fsp3) is 0.333. The maximum absolute atomic E-state index is 12.6. The van der Waals surface area contributed by atoms with Crippen LogP contribution < -0.4 is 5.32 Å². The van der Waals surface area contributed by atoms with E-state index < -0.39 is 9.84 Å². The second kappa shape index (κ2) is 5.72. The number of sulfone groups is 1. The Morgan fingerprint density at radius 2 is 2.05 bits per heavy atom. The van der Waals surface area contributed by atoms with Crippen molar-refractivity contribution in [3.63, 3.8) is 0 Å². The molecule has 2 rings (SSSR count). The summed E-state index contributed by atoms with van der Waals surface area (Å²) in [6, 6.07) is 8.81. The van der Waals surface area contributed by atoms with Gasteiger partial charge < -0.3 is 5.32 Å². The molecular formula is C15H19NO2S. The Morgan fingerprint density at radius 1 is 1.37 bits per heavy atom.